The van der Waals surface area contributed by atoms with Crippen molar-refractivity contribution in [1.82, 2.24) is 0 Å². The first-order valence-corrected chi connectivity index (χ1v) is 6.32. The van der Waals surface area contributed by atoms with Gasteiger partial charge in [0.05, 0.1) is 6.61 Å². The Kier molecular flexibility index (Phi) is 4.21. The lowest BCUT2D eigenvalue weighted by atomic mass is 9.90. The van der Waals surface area contributed by atoms with Crippen LogP contribution in [0.25, 0.3) is 0 Å². The number of hydrogen-bond acceptors (Lipinski definition) is 4. The molecule has 0 radical (unpaired) electrons. The van der Waals surface area contributed by atoms with E-state index in [4.69, 9.17) is 10.9 Å². The zero-order chi connectivity index (χ0) is 13.8. The third-order valence-corrected chi connectivity index (χ3v) is 3.51. The maximum absolute atomic E-state index is 13.3. The Hall–Kier alpha value is -1.82. The first-order valence-electron chi connectivity index (χ1n) is 6.32. The molecule has 1 saturated carbocycles. The van der Waals surface area contributed by atoms with Gasteiger partial charge in [0.15, 0.2) is 5.84 Å². The van der Waals surface area contributed by atoms with E-state index >= 15 is 0 Å². The number of nitrogens with two attached hydrogens (primary N) is 1. The topological polar surface area (TPSA) is 82.1 Å². The Morgan fingerprint density at radius 2 is 2.21 bits per heavy atom. The van der Waals surface area contributed by atoms with E-state index in [9.17, 15) is 9.50 Å². The van der Waals surface area contributed by atoms with E-state index in [1.165, 1.54) is 12.1 Å². The van der Waals surface area contributed by atoms with E-state index in [1.54, 1.807) is 6.07 Å². The molecule has 104 valence electrons. The fraction of sp³-hybridized carbons (Fsp3) is 0.462. The van der Waals surface area contributed by atoms with Crippen molar-refractivity contribution in [3.8, 4) is 0 Å². The van der Waals surface area contributed by atoms with Crippen LogP contribution < -0.4 is 10.6 Å². The van der Waals surface area contributed by atoms with Gasteiger partial charge in [-0.05, 0) is 37.5 Å². The molecule has 1 aliphatic carbocycles. The van der Waals surface area contributed by atoms with Gasteiger partial charge in [-0.2, -0.15) is 0 Å². The summed E-state index contributed by atoms with van der Waals surface area (Å²) in [5.41, 5.74) is 6.64. The fourth-order valence-corrected chi connectivity index (χ4v) is 2.32. The standard InChI is InChI=1S/C13H18FN3O2/c14-9-4-5-12(11(8-9)13(15)16-19)17(6-7-18)10-2-1-3-10/h4-5,8,10,18-19H,1-3,6-7H2,(H2,15,16). The predicted octanol–water partition coefficient (Wildman–Crippen LogP) is 1.27. The van der Waals surface area contributed by atoms with E-state index in [0.29, 0.717) is 23.8 Å². The quantitative estimate of drug-likeness (QED) is 0.325. The minimum atomic E-state index is -0.442. The molecule has 0 atom stereocenters. The Balaban J connectivity index is 2.40. The first kappa shape index (κ1) is 13.6. The van der Waals surface area contributed by atoms with E-state index in [1.807, 2.05) is 4.90 Å². The van der Waals surface area contributed by atoms with Crippen LogP contribution in [-0.4, -0.2) is 35.3 Å². The zero-order valence-electron chi connectivity index (χ0n) is 10.6. The number of rotatable bonds is 5. The second-order valence-corrected chi connectivity index (χ2v) is 4.65. The molecule has 5 nitrogen and oxygen atoms in total. The summed E-state index contributed by atoms with van der Waals surface area (Å²) >= 11 is 0. The van der Waals surface area contributed by atoms with Gasteiger partial charge in [-0.25, -0.2) is 4.39 Å². The van der Waals surface area contributed by atoms with Crippen LogP contribution >= 0.6 is 0 Å². The number of nitrogens with zero attached hydrogens (tertiary/aromatic N) is 2. The molecule has 1 aromatic carbocycles. The minimum Gasteiger partial charge on any atom is -0.409 e. The maximum atomic E-state index is 13.3. The molecule has 19 heavy (non-hydrogen) atoms. The first-order chi connectivity index (χ1) is 9.17. The van der Waals surface area contributed by atoms with Crippen LogP contribution in [0.15, 0.2) is 23.4 Å². The molecule has 0 aromatic heterocycles. The van der Waals surface area contributed by atoms with Gasteiger partial charge in [0, 0.05) is 23.8 Å². The van der Waals surface area contributed by atoms with Gasteiger partial charge in [-0.15, -0.1) is 0 Å². The lowest BCUT2D eigenvalue weighted by Gasteiger charge is -2.39. The molecule has 0 unspecified atom stereocenters. The highest BCUT2D eigenvalue weighted by Gasteiger charge is 2.27. The molecule has 0 bridgehead atoms. The molecule has 4 N–H and O–H groups in total. The third kappa shape index (κ3) is 2.78. The van der Waals surface area contributed by atoms with Crippen LogP contribution in [0.5, 0.6) is 0 Å². The molecule has 0 amide bonds. The van der Waals surface area contributed by atoms with Crippen LogP contribution in [0.4, 0.5) is 10.1 Å². The number of amidine groups is 1. The summed E-state index contributed by atoms with van der Waals surface area (Å²) in [4.78, 5) is 2.00. The third-order valence-electron chi connectivity index (χ3n) is 3.51. The lowest BCUT2D eigenvalue weighted by molar-refractivity contribution is 0.283. The summed E-state index contributed by atoms with van der Waals surface area (Å²) in [6.07, 6.45) is 3.21. The van der Waals surface area contributed by atoms with Crippen molar-refractivity contribution in [1.29, 1.82) is 0 Å². The summed E-state index contributed by atoms with van der Waals surface area (Å²) in [5.74, 6) is -0.570. The van der Waals surface area contributed by atoms with Gasteiger partial charge in [0.2, 0.25) is 0 Å². The highest BCUT2D eigenvalue weighted by atomic mass is 19.1. The van der Waals surface area contributed by atoms with Crippen LogP contribution in [0, 0.1) is 5.82 Å². The second-order valence-electron chi connectivity index (χ2n) is 4.65. The number of hydrogen-bond donors (Lipinski definition) is 3. The Morgan fingerprint density at radius 1 is 1.47 bits per heavy atom. The molecular formula is C13H18FN3O2. The monoisotopic (exact) mass is 267 g/mol. The van der Waals surface area contributed by atoms with Crippen molar-refractivity contribution in [3.63, 3.8) is 0 Å². The molecule has 1 fully saturated rings. The molecule has 2 rings (SSSR count). The molecule has 0 heterocycles. The zero-order valence-corrected chi connectivity index (χ0v) is 10.6. The Labute approximate surface area is 111 Å². The van der Waals surface area contributed by atoms with Crippen molar-refractivity contribution in [2.75, 3.05) is 18.1 Å². The number of benzene rings is 1. The number of aliphatic hydroxyl groups is 1. The number of halogens is 1. The van der Waals surface area contributed by atoms with Crippen molar-refractivity contribution < 1.29 is 14.7 Å². The summed E-state index contributed by atoms with van der Waals surface area (Å²) < 4.78 is 13.3. The lowest BCUT2D eigenvalue weighted by Crippen LogP contribution is -2.43. The predicted molar refractivity (Wildman–Crippen MR) is 71.0 cm³/mol. The van der Waals surface area contributed by atoms with Crippen LogP contribution in [-0.2, 0) is 0 Å². The molecule has 0 saturated heterocycles. The number of oxime groups is 1. The van der Waals surface area contributed by atoms with Gasteiger partial charge < -0.3 is 20.9 Å². The van der Waals surface area contributed by atoms with Crippen molar-refractivity contribution >= 4 is 11.5 Å². The highest BCUT2D eigenvalue weighted by molar-refractivity contribution is 6.02. The van der Waals surface area contributed by atoms with Crippen LogP contribution in [0.3, 0.4) is 0 Å². The van der Waals surface area contributed by atoms with E-state index in [-0.39, 0.29) is 12.4 Å². The van der Waals surface area contributed by atoms with Crippen LogP contribution in [0.2, 0.25) is 0 Å². The molecule has 0 aliphatic heterocycles. The van der Waals surface area contributed by atoms with Crippen molar-refractivity contribution in [2.45, 2.75) is 25.3 Å². The minimum absolute atomic E-state index is 0.00346. The SMILES string of the molecule is N/C(=N/O)c1cc(F)ccc1N(CCO)C1CCC1. The molecule has 1 aromatic rings. The number of anilines is 1. The van der Waals surface area contributed by atoms with Gasteiger partial charge in [-0.1, -0.05) is 5.16 Å². The Morgan fingerprint density at radius 3 is 2.74 bits per heavy atom. The highest BCUT2D eigenvalue weighted by Crippen LogP contribution is 2.31. The number of aliphatic hydroxyl groups excluding tert-OH is 1. The fourth-order valence-electron chi connectivity index (χ4n) is 2.32. The summed E-state index contributed by atoms with van der Waals surface area (Å²) in [6.45, 7) is 0.450. The van der Waals surface area contributed by atoms with E-state index in [2.05, 4.69) is 5.16 Å². The van der Waals surface area contributed by atoms with E-state index in [0.717, 1.165) is 19.3 Å². The van der Waals surface area contributed by atoms with Gasteiger partial charge in [-0.3, -0.25) is 0 Å². The van der Waals surface area contributed by atoms with Gasteiger partial charge in [0.1, 0.15) is 5.82 Å². The normalized spacial score (nSPS) is 16.2. The largest absolute Gasteiger partial charge is 0.409 e. The van der Waals surface area contributed by atoms with E-state index < -0.39 is 5.82 Å². The van der Waals surface area contributed by atoms with Gasteiger partial charge >= 0.3 is 0 Å². The second kappa shape index (κ2) is 5.88. The molecule has 0 spiro atoms. The smallest absolute Gasteiger partial charge is 0.172 e. The average Bonchev–Trinajstić information content (AvgIpc) is 2.35. The summed E-state index contributed by atoms with van der Waals surface area (Å²) in [7, 11) is 0. The maximum Gasteiger partial charge on any atom is 0.172 e. The average molecular weight is 267 g/mol. The molecular weight excluding hydrogens is 249 g/mol. The summed E-state index contributed by atoms with van der Waals surface area (Å²) in [6, 6.07) is 4.51. The Bertz CT molecular complexity index is 475. The molecule has 1 aliphatic rings. The van der Waals surface area contributed by atoms with Gasteiger partial charge in [0.25, 0.3) is 0 Å². The van der Waals surface area contributed by atoms with Crippen molar-refractivity contribution in [3.05, 3.63) is 29.6 Å². The van der Waals surface area contributed by atoms with Crippen LogP contribution in [0.1, 0.15) is 24.8 Å². The van der Waals surface area contributed by atoms with Crippen molar-refractivity contribution in [2.24, 2.45) is 10.9 Å². The summed E-state index contributed by atoms with van der Waals surface area (Å²) in [5, 5.41) is 20.9. The molecule has 6 heteroatoms.